The molecule has 2 aromatic rings. The van der Waals surface area contributed by atoms with E-state index < -0.39 is 0 Å². The number of fused-ring (bicyclic) bond motifs is 1. The lowest BCUT2D eigenvalue weighted by molar-refractivity contribution is 0.779. The minimum absolute atomic E-state index is 0.696. The Bertz CT molecular complexity index is 587. The van der Waals surface area contributed by atoms with Crippen molar-refractivity contribution in [3.8, 4) is 11.1 Å². The number of rotatable bonds is 1. The molecule has 4 heteroatoms. The standard InChI is InChI=1S/C13H14ClN3/c1-17-13(15)12(7-16-17)11-6-9(14)5-8-3-2-4-10(8)11/h5-7H,2-4,15H2,1H3. The van der Waals surface area contributed by atoms with Gasteiger partial charge in [-0.3, -0.25) is 4.68 Å². The van der Waals surface area contributed by atoms with Crippen molar-refractivity contribution in [3.05, 3.63) is 34.5 Å². The fraction of sp³-hybridized carbons (Fsp3) is 0.308. The molecule has 0 saturated heterocycles. The van der Waals surface area contributed by atoms with Gasteiger partial charge in [0.05, 0.1) is 6.20 Å². The van der Waals surface area contributed by atoms with Gasteiger partial charge >= 0.3 is 0 Å². The summed E-state index contributed by atoms with van der Waals surface area (Å²) in [6.45, 7) is 0. The molecule has 0 fully saturated rings. The second-order valence-electron chi connectivity index (χ2n) is 4.51. The van der Waals surface area contributed by atoms with Gasteiger partial charge in [0, 0.05) is 17.6 Å². The fourth-order valence-electron chi connectivity index (χ4n) is 2.56. The molecule has 3 rings (SSSR count). The van der Waals surface area contributed by atoms with Gasteiger partial charge in [0.1, 0.15) is 5.82 Å². The molecule has 17 heavy (non-hydrogen) atoms. The lowest BCUT2D eigenvalue weighted by Gasteiger charge is -2.09. The van der Waals surface area contributed by atoms with Crippen molar-refractivity contribution in [3.63, 3.8) is 0 Å². The summed E-state index contributed by atoms with van der Waals surface area (Å²) in [4.78, 5) is 0. The molecule has 1 aromatic carbocycles. The van der Waals surface area contributed by atoms with Crippen LogP contribution in [0.3, 0.4) is 0 Å². The van der Waals surface area contributed by atoms with E-state index in [9.17, 15) is 0 Å². The Hall–Kier alpha value is -1.48. The zero-order chi connectivity index (χ0) is 12.0. The summed E-state index contributed by atoms with van der Waals surface area (Å²) >= 11 is 6.17. The lowest BCUT2D eigenvalue weighted by Crippen LogP contribution is -1.99. The third-order valence-electron chi connectivity index (χ3n) is 3.45. The molecule has 0 saturated carbocycles. The first-order valence-corrected chi connectivity index (χ1v) is 6.14. The maximum atomic E-state index is 6.17. The number of aromatic nitrogens is 2. The van der Waals surface area contributed by atoms with E-state index in [0.717, 1.165) is 29.0 Å². The van der Waals surface area contributed by atoms with Gasteiger partial charge in [-0.2, -0.15) is 5.10 Å². The van der Waals surface area contributed by atoms with Gasteiger partial charge in [0.2, 0.25) is 0 Å². The molecule has 1 heterocycles. The number of hydrogen-bond acceptors (Lipinski definition) is 2. The molecule has 0 unspecified atom stereocenters. The van der Waals surface area contributed by atoms with E-state index in [1.54, 1.807) is 4.68 Å². The second kappa shape index (κ2) is 3.77. The number of benzene rings is 1. The van der Waals surface area contributed by atoms with Crippen LogP contribution in [0.5, 0.6) is 0 Å². The van der Waals surface area contributed by atoms with E-state index >= 15 is 0 Å². The van der Waals surface area contributed by atoms with Crippen LogP contribution in [0.1, 0.15) is 17.5 Å². The van der Waals surface area contributed by atoms with E-state index in [0.29, 0.717) is 5.82 Å². The Morgan fingerprint density at radius 1 is 1.29 bits per heavy atom. The maximum absolute atomic E-state index is 6.17. The molecule has 0 amide bonds. The van der Waals surface area contributed by atoms with Crippen LogP contribution >= 0.6 is 11.6 Å². The Labute approximate surface area is 105 Å². The van der Waals surface area contributed by atoms with Crippen molar-refractivity contribution in [2.45, 2.75) is 19.3 Å². The molecule has 0 atom stereocenters. The normalized spacial score (nSPS) is 14.0. The van der Waals surface area contributed by atoms with Crippen molar-refractivity contribution >= 4 is 17.4 Å². The van der Waals surface area contributed by atoms with E-state index in [2.05, 4.69) is 11.2 Å². The van der Waals surface area contributed by atoms with Crippen LogP contribution in [0.25, 0.3) is 11.1 Å². The first-order valence-electron chi connectivity index (χ1n) is 5.76. The highest BCUT2D eigenvalue weighted by Gasteiger charge is 2.19. The highest BCUT2D eigenvalue weighted by atomic mass is 35.5. The van der Waals surface area contributed by atoms with Gasteiger partial charge in [0.25, 0.3) is 0 Å². The maximum Gasteiger partial charge on any atom is 0.129 e. The van der Waals surface area contributed by atoms with Gasteiger partial charge in [0.15, 0.2) is 0 Å². The van der Waals surface area contributed by atoms with Crippen LogP contribution in [0.4, 0.5) is 5.82 Å². The first-order chi connectivity index (χ1) is 8.16. The molecule has 3 nitrogen and oxygen atoms in total. The monoisotopic (exact) mass is 247 g/mol. The largest absolute Gasteiger partial charge is 0.383 e. The number of nitrogens with zero attached hydrogens (tertiary/aromatic N) is 2. The average molecular weight is 248 g/mol. The predicted molar refractivity (Wildman–Crippen MR) is 70.1 cm³/mol. The molecule has 2 N–H and O–H groups in total. The quantitative estimate of drug-likeness (QED) is 0.842. The number of anilines is 1. The minimum Gasteiger partial charge on any atom is -0.383 e. The van der Waals surface area contributed by atoms with Gasteiger partial charge in [-0.1, -0.05) is 11.6 Å². The Balaban J connectivity index is 2.24. The number of aryl methyl sites for hydroxylation is 2. The summed E-state index contributed by atoms with van der Waals surface area (Å²) < 4.78 is 1.69. The summed E-state index contributed by atoms with van der Waals surface area (Å²) in [6.07, 6.45) is 5.24. The van der Waals surface area contributed by atoms with E-state index in [1.165, 1.54) is 17.5 Å². The van der Waals surface area contributed by atoms with Crippen molar-refractivity contribution < 1.29 is 0 Å². The SMILES string of the molecule is Cn1ncc(-c2cc(Cl)cc3c2CCC3)c1N. The van der Waals surface area contributed by atoms with E-state index in [-0.39, 0.29) is 0 Å². The van der Waals surface area contributed by atoms with Crippen LogP contribution in [-0.4, -0.2) is 9.78 Å². The van der Waals surface area contributed by atoms with E-state index in [1.807, 2.05) is 19.3 Å². The molecule has 0 radical (unpaired) electrons. The Morgan fingerprint density at radius 2 is 2.12 bits per heavy atom. The lowest BCUT2D eigenvalue weighted by atomic mass is 9.98. The smallest absolute Gasteiger partial charge is 0.129 e. The van der Waals surface area contributed by atoms with Crippen molar-refractivity contribution in [2.75, 3.05) is 5.73 Å². The van der Waals surface area contributed by atoms with Crippen molar-refractivity contribution in [1.82, 2.24) is 9.78 Å². The number of halogens is 1. The summed E-state index contributed by atoms with van der Waals surface area (Å²) in [5, 5.41) is 4.98. The average Bonchev–Trinajstić information content (AvgIpc) is 2.87. The topological polar surface area (TPSA) is 43.8 Å². The van der Waals surface area contributed by atoms with Crippen LogP contribution in [0.2, 0.25) is 5.02 Å². The van der Waals surface area contributed by atoms with Gasteiger partial charge < -0.3 is 5.73 Å². The molecule has 1 aliphatic carbocycles. The molecular formula is C13H14ClN3. The molecule has 0 spiro atoms. The molecule has 1 aliphatic rings. The molecular weight excluding hydrogens is 234 g/mol. The van der Waals surface area contributed by atoms with Crippen LogP contribution in [0, 0.1) is 0 Å². The van der Waals surface area contributed by atoms with Crippen LogP contribution in [-0.2, 0) is 19.9 Å². The Morgan fingerprint density at radius 3 is 2.82 bits per heavy atom. The van der Waals surface area contributed by atoms with Crippen LogP contribution in [0.15, 0.2) is 18.3 Å². The first kappa shape index (κ1) is 10.7. The summed E-state index contributed by atoms with van der Waals surface area (Å²) in [6, 6.07) is 4.07. The van der Waals surface area contributed by atoms with Crippen molar-refractivity contribution in [2.24, 2.45) is 7.05 Å². The van der Waals surface area contributed by atoms with Crippen molar-refractivity contribution in [1.29, 1.82) is 0 Å². The predicted octanol–water partition coefficient (Wildman–Crippen LogP) is 2.81. The molecule has 88 valence electrons. The number of nitrogen functional groups attached to an aromatic ring is 1. The highest BCUT2D eigenvalue weighted by Crippen LogP contribution is 2.37. The second-order valence-corrected chi connectivity index (χ2v) is 4.95. The highest BCUT2D eigenvalue weighted by molar-refractivity contribution is 6.31. The Kier molecular flexibility index (Phi) is 2.37. The number of nitrogens with two attached hydrogens (primary N) is 1. The zero-order valence-electron chi connectivity index (χ0n) is 9.70. The van der Waals surface area contributed by atoms with Gasteiger partial charge in [-0.05, 0) is 48.1 Å². The summed E-state index contributed by atoms with van der Waals surface area (Å²) in [5.41, 5.74) is 10.9. The summed E-state index contributed by atoms with van der Waals surface area (Å²) in [7, 11) is 1.85. The van der Waals surface area contributed by atoms with Gasteiger partial charge in [-0.25, -0.2) is 0 Å². The van der Waals surface area contributed by atoms with Crippen LogP contribution < -0.4 is 5.73 Å². The third-order valence-corrected chi connectivity index (χ3v) is 3.67. The third kappa shape index (κ3) is 1.62. The molecule has 0 aliphatic heterocycles. The van der Waals surface area contributed by atoms with E-state index in [4.69, 9.17) is 17.3 Å². The number of hydrogen-bond donors (Lipinski definition) is 1. The molecule has 0 bridgehead atoms. The summed E-state index contributed by atoms with van der Waals surface area (Å²) in [5.74, 6) is 0.696. The minimum atomic E-state index is 0.696. The van der Waals surface area contributed by atoms with Gasteiger partial charge in [-0.15, -0.1) is 0 Å². The fourth-order valence-corrected chi connectivity index (χ4v) is 2.80. The molecule has 1 aromatic heterocycles. The zero-order valence-corrected chi connectivity index (χ0v) is 10.5.